The summed E-state index contributed by atoms with van der Waals surface area (Å²) in [4.78, 5) is 41.0. The molecule has 0 heterocycles. The predicted molar refractivity (Wildman–Crippen MR) is 146 cm³/mol. The summed E-state index contributed by atoms with van der Waals surface area (Å²) in [6.07, 6.45) is 0. The van der Waals surface area contributed by atoms with Crippen LogP contribution in [0.3, 0.4) is 0 Å². The minimum Gasteiger partial charge on any atom is -0.336 e. The number of anilines is 1. The quantitative estimate of drug-likeness (QED) is 0.301. The van der Waals surface area contributed by atoms with Crippen LogP contribution in [0.15, 0.2) is 77.7 Å². The van der Waals surface area contributed by atoms with Crippen LogP contribution in [-0.4, -0.2) is 41.8 Å². The van der Waals surface area contributed by atoms with E-state index in [0.29, 0.717) is 11.1 Å². The molecule has 180 valence electrons. The van der Waals surface area contributed by atoms with Gasteiger partial charge in [0.25, 0.3) is 0 Å². The van der Waals surface area contributed by atoms with Gasteiger partial charge in [-0.25, -0.2) is 0 Å². The lowest BCUT2D eigenvalue weighted by molar-refractivity contribution is -0.131. The normalized spacial score (nSPS) is 11.8. The van der Waals surface area contributed by atoms with Gasteiger partial charge >= 0.3 is 0 Å². The maximum absolute atomic E-state index is 13.1. The van der Waals surface area contributed by atoms with Crippen LogP contribution in [0.25, 0.3) is 21.9 Å². The lowest BCUT2D eigenvalue weighted by Crippen LogP contribution is -2.36. The molecule has 0 spiro atoms. The standard InChI is InChI=1S/C30H26N2O3S/c1-18-8-6-9-19(2)29(18)31-26(33)16-32(3)27(34)17-36-25-15-14-21-20-10-4-5-11-22(20)30(35)24-13-7-12-23(25)28(21)24/h4-15H,16-17H2,1-3H3,(H,31,33). The highest BCUT2D eigenvalue weighted by Crippen LogP contribution is 2.42. The van der Waals surface area contributed by atoms with Gasteiger partial charge < -0.3 is 10.2 Å². The van der Waals surface area contributed by atoms with E-state index in [1.165, 1.54) is 16.7 Å². The highest BCUT2D eigenvalue weighted by molar-refractivity contribution is 8.00. The minimum absolute atomic E-state index is 0.0246. The van der Waals surface area contributed by atoms with Crippen molar-refractivity contribution in [1.82, 2.24) is 4.90 Å². The number of hydrogen-bond acceptors (Lipinski definition) is 4. The number of carbonyl (C=O) groups is 3. The number of para-hydroxylation sites is 1. The summed E-state index contributed by atoms with van der Waals surface area (Å²) in [5, 5.41) is 4.82. The molecule has 0 unspecified atom stereocenters. The van der Waals surface area contributed by atoms with Gasteiger partial charge in [0.2, 0.25) is 11.8 Å². The lowest BCUT2D eigenvalue weighted by atomic mass is 9.83. The van der Waals surface area contributed by atoms with E-state index in [1.54, 1.807) is 7.05 Å². The predicted octanol–water partition coefficient (Wildman–Crippen LogP) is 5.86. The molecule has 0 aliphatic heterocycles. The molecule has 6 heteroatoms. The molecule has 1 aliphatic rings. The second kappa shape index (κ2) is 9.63. The summed E-state index contributed by atoms with van der Waals surface area (Å²) in [7, 11) is 1.64. The summed E-state index contributed by atoms with van der Waals surface area (Å²) in [6.45, 7) is 3.86. The second-order valence-corrected chi connectivity index (χ2v) is 10.1. The lowest BCUT2D eigenvalue weighted by Gasteiger charge is -2.21. The summed E-state index contributed by atoms with van der Waals surface area (Å²) >= 11 is 1.42. The molecule has 0 saturated heterocycles. The van der Waals surface area contributed by atoms with Gasteiger partial charge in [0.1, 0.15) is 0 Å². The highest BCUT2D eigenvalue weighted by atomic mass is 32.2. The van der Waals surface area contributed by atoms with Crippen LogP contribution in [-0.2, 0) is 9.59 Å². The molecule has 1 aliphatic carbocycles. The minimum atomic E-state index is -0.230. The van der Waals surface area contributed by atoms with Gasteiger partial charge in [-0.3, -0.25) is 14.4 Å². The Balaban J connectivity index is 1.31. The number of thioether (sulfide) groups is 1. The first-order chi connectivity index (χ1) is 17.3. The highest BCUT2D eigenvalue weighted by Gasteiger charge is 2.25. The molecular weight excluding hydrogens is 468 g/mol. The van der Waals surface area contributed by atoms with E-state index in [2.05, 4.69) is 5.32 Å². The number of nitrogens with zero attached hydrogens (tertiary/aromatic N) is 1. The van der Waals surface area contributed by atoms with E-state index in [9.17, 15) is 14.4 Å². The largest absolute Gasteiger partial charge is 0.336 e. The van der Waals surface area contributed by atoms with Crippen LogP contribution in [0.4, 0.5) is 5.69 Å². The zero-order valence-corrected chi connectivity index (χ0v) is 21.2. The zero-order valence-electron chi connectivity index (χ0n) is 20.4. The average molecular weight is 495 g/mol. The fourth-order valence-corrected chi connectivity index (χ4v) is 5.71. The zero-order chi connectivity index (χ0) is 25.4. The number of rotatable bonds is 6. The number of amides is 2. The first-order valence-electron chi connectivity index (χ1n) is 11.8. The van der Waals surface area contributed by atoms with Gasteiger partial charge in [0, 0.05) is 34.1 Å². The monoisotopic (exact) mass is 494 g/mol. The van der Waals surface area contributed by atoms with E-state index in [-0.39, 0.29) is 29.9 Å². The maximum Gasteiger partial charge on any atom is 0.243 e. The Hall–Kier alpha value is -3.90. The third-order valence-corrected chi connectivity index (χ3v) is 7.67. The van der Waals surface area contributed by atoms with Crippen molar-refractivity contribution >= 4 is 45.8 Å². The van der Waals surface area contributed by atoms with Gasteiger partial charge in [0.15, 0.2) is 5.78 Å². The Bertz CT molecular complexity index is 1520. The van der Waals surface area contributed by atoms with E-state index in [0.717, 1.165) is 43.6 Å². The Kier molecular flexibility index (Phi) is 6.37. The van der Waals surface area contributed by atoms with Gasteiger partial charge in [-0.2, -0.15) is 0 Å². The first kappa shape index (κ1) is 23.8. The second-order valence-electron chi connectivity index (χ2n) is 9.07. The van der Waals surface area contributed by atoms with E-state index < -0.39 is 0 Å². The van der Waals surface area contributed by atoms with E-state index >= 15 is 0 Å². The molecule has 0 aromatic heterocycles. The number of nitrogens with one attached hydrogen (secondary N) is 1. The third kappa shape index (κ3) is 4.29. The number of likely N-dealkylation sites (N-methyl/N-ethyl adjacent to an activating group) is 1. The fourth-order valence-electron chi connectivity index (χ4n) is 4.72. The van der Waals surface area contributed by atoms with E-state index in [1.807, 2.05) is 86.6 Å². The maximum atomic E-state index is 13.1. The van der Waals surface area contributed by atoms with Gasteiger partial charge in [0.05, 0.1) is 12.3 Å². The Morgan fingerprint density at radius 3 is 2.22 bits per heavy atom. The molecule has 0 atom stereocenters. The molecule has 4 aromatic carbocycles. The number of aryl methyl sites for hydroxylation is 2. The van der Waals surface area contributed by atoms with Crippen LogP contribution in [0.5, 0.6) is 0 Å². The van der Waals surface area contributed by atoms with Crippen molar-refractivity contribution in [3.8, 4) is 11.1 Å². The molecule has 4 aromatic rings. The van der Waals surface area contributed by atoms with Crippen molar-refractivity contribution in [1.29, 1.82) is 0 Å². The fraction of sp³-hybridized carbons (Fsp3) is 0.167. The van der Waals surface area contributed by atoms with E-state index in [4.69, 9.17) is 0 Å². The Labute approximate surface area is 214 Å². The molecular formula is C30H26N2O3S. The summed E-state index contributed by atoms with van der Waals surface area (Å²) in [5.74, 6) is -0.154. The van der Waals surface area contributed by atoms with Crippen molar-refractivity contribution in [3.05, 3.63) is 95.1 Å². The summed E-state index contributed by atoms with van der Waals surface area (Å²) < 4.78 is 0. The van der Waals surface area contributed by atoms with Gasteiger partial charge in [-0.1, -0.05) is 66.7 Å². The average Bonchev–Trinajstić information content (AvgIpc) is 2.88. The number of fused-ring (bicyclic) bond motifs is 2. The summed E-state index contributed by atoms with van der Waals surface area (Å²) in [5.41, 5.74) is 6.13. The van der Waals surface area contributed by atoms with Crippen molar-refractivity contribution in [2.45, 2.75) is 18.7 Å². The first-order valence-corrected chi connectivity index (χ1v) is 12.8. The molecule has 36 heavy (non-hydrogen) atoms. The number of benzene rings is 4. The molecule has 0 fully saturated rings. The molecule has 0 saturated carbocycles. The van der Waals surface area contributed by atoms with Crippen LogP contribution < -0.4 is 5.32 Å². The van der Waals surface area contributed by atoms with Crippen molar-refractivity contribution in [2.24, 2.45) is 0 Å². The number of carbonyl (C=O) groups excluding carboxylic acids is 3. The van der Waals surface area contributed by atoms with Crippen LogP contribution >= 0.6 is 11.8 Å². The van der Waals surface area contributed by atoms with Crippen molar-refractivity contribution in [2.75, 3.05) is 24.7 Å². The van der Waals surface area contributed by atoms with Crippen molar-refractivity contribution in [3.63, 3.8) is 0 Å². The topological polar surface area (TPSA) is 66.5 Å². The van der Waals surface area contributed by atoms with Crippen molar-refractivity contribution < 1.29 is 14.4 Å². The molecule has 2 amide bonds. The molecule has 1 N–H and O–H groups in total. The number of hydrogen-bond donors (Lipinski definition) is 1. The van der Waals surface area contributed by atoms with Crippen LogP contribution in [0, 0.1) is 13.8 Å². The Morgan fingerprint density at radius 1 is 0.806 bits per heavy atom. The molecule has 0 bridgehead atoms. The molecule has 5 nitrogen and oxygen atoms in total. The van der Waals surface area contributed by atoms with Gasteiger partial charge in [-0.15, -0.1) is 11.8 Å². The Morgan fingerprint density at radius 2 is 1.47 bits per heavy atom. The van der Waals surface area contributed by atoms with Gasteiger partial charge in [-0.05, 0) is 47.6 Å². The smallest absolute Gasteiger partial charge is 0.243 e. The van der Waals surface area contributed by atoms with Crippen LogP contribution in [0.1, 0.15) is 27.0 Å². The third-order valence-electron chi connectivity index (χ3n) is 6.61. The summed E-state index contributed by atoms with van der Waals surface area (Å²) in [6, 6.07) is 23.3. The number of ketones is 1. The molecule has 0 radical (unpaired) electrons. The SMILES string of the molecule is Cc1cccc(C)c1NC(=O)CN(C)C(=O)CSc1ccc2c3c(cccc13)C(=O)c1ccccc1-2. The van der Waals surface area contributed by atoms with Crippen LogP contribution in [0.2, 0.25) is 0 Å². The molecule has 5 rings (SSSR count).